The summed E-state index contributed by atoms with van der Waals surface area (Å²) in [5.41, 5.74) is -0.0954. The molecule has 0 aliphatic carbocycles. The minimum absolute atomic E-state index is 0.345. The summed E-state index contributed by atoms with van der Waals surface area (Å²) >= 11 is 1.31. The molecule has 0 saturated carbocycles. The Morgan fingerprint density at radius 1 is 1.20 bits per heavy atom. The zero-order valence-corrected chi connectivity index (χ0v) is 13.8. The van der Waals surface area contributed by atoms with Crippen LogP contribution in [-0.2, 0) is 18.5 Å². The van der Waals surface area contributed by atoms with Crippen LogP contribution >= 0.6 is 11.8 Å². The Morgan fingerprint density at radius 3 is 2.72 bits per heavy atom. The fraction of sp³-hybridized carbons (Fsp3) is 0.176. The molecule has 0 aliphatic rings. The highest BCUT2D eigenvalue weighted by atomic mass is 32.2. The Hall–Kier alpha value is -2.48. The highest BCUT2D eigenvalue weighted by Crippen LogP contribution is 2.31. The van der Waals surface area contributed by atoms with Crippen LogP contribution in [0.25, 0.3) is 11.6 Å². The molecule has 0 saturated heterocycles. The number of alkyl halides is 3. The van der Waals surface area contributed by atoms with Gasteiger partial charge in [0, 0.05) is 12.3 Å². The highest BCUT2D eigenvalue weighted by molar-refractivity contribution is 7.98. The number of hydrogen-bond acceptors (Lipinski definition) is 4. The normalized spacial score (nSPS) is 11.6. The maximum Gasteiger partial charge on any atom is 0.416 e. The number of aromatic nitrogens is 3. The van der Waals surface area contributed by atoms with Gasteiger partial charge in [-0.05, 0) is 23.8 Å². The van der Waals surface area contributed by atoms with E-state index in [9.17, 15) is 13.2 Å². The van der Waals surface area contributed by atoms with E-state index in [1.807, 2.05) is 4.57 Å². The van der Waals surface area contributed by atoms with Gasteiger partial charge in [0.1, 0.15) is 0 Å². The summed E-state index contributed by atoms with van der Waals surface area (Å²) in [7, 11) is 0. The third-order valence-corrected chi connectivity index (χ3v) is 4.43. The number of furan rings is 1. The minimum Gasteiger partial charge on any atom is -0.461 e. The number of allylic oxidation sites excluding steroid dienone is 1. The number of hydrogen-bond donors (Lipinski definition) is 0. The molecule has 2 aromatic heterocycles. The van der Waals surface area contributed by atoms with Gasteiger partial charge in [-0.15, -0.1) is 16.8 Å². The fourth-order valence-corrected chi connectivity index (χ4v) is 3.15. The lowest BCUT2D eigenvalue weighted by atomic mass is 10.1. The van der Waals surface area contributed by atoms with Crippen molar-refractivity contribution < 1.29 is 17.6 Å². The van der Waals surface area contributed by atoms with Crippen LogP contribution in [0.4, 0.5) is 13.2 Å². The zero-order chi connectivity index (χ0) is 17.9. The van der Waals surface area contributed by atoms with Crippen molar-refractivity contribution in [2.75, 3.05) is 0 Å². The van der Waals surface area contributed by atoms with E-state index in [4.69, 9.17) is 4.42 Å². The summed E-state index contributed by atoms with van der Waals surface area (Å²) < 4.78 is 45.6. The monoisotopic (exact) mass is 365 g/mol. The summed E-state index contributed by atoms with van der Waals surface area (Å²) in [5, 5.41) is 8.83. The largest absolute Gasteiger partial charge is 0.461 e. The van der Waals surface area contributed by atoms with Crippen molar-refractivity contribution in [2.45, 2.75) is 23.6 Å². The van der Waals surface area contributed by atoms with E-state index in [0.717, 1.165) is 12.1 Å². The van der Waals surface area contributed by atoms with Crippen LogP contribution in [0.2, 0.25) is 0 Å². The summed E-state index contributed by atoms with van der Waals surface area (Å²) in [6.45, 7) is 4.18. The lowest BCUT2D eigenvalue weighted by Gasteiger charge is -2.09. The van der Waals surface area contributed by atoms with E-state index < -0.39 is 11.7 Å². The molecule has 8 heteroatoms. The molecule has 0 bridgehead atoms. The maximum absolute atomic E-state index is 12.8. The second-order valence-electron chi connectivity index (χ2n) is 5.17. The molecular formula is C17H14F3N3OS. The molecule has 4 nitrogen and oxygen atoms in total. The SMILES string of the molecule is C=CCn1c(SCc2cccc(C(F)(F)F)c2)nnc1-c1ccco1. The average molecular weight is 365 g/mol. The average Bonchev–Trinajstić information content (AvgIpc) is 3.22. The van der Waals surface area contributed by atoms with Crippen LogP contribution in [0.5, 0.6) is 0 Å². The van der Waals surface area contributed by atoms with Crippen LogP contribution in [0, 0.1) is 0 Å². The smallest absolute Gasteiger partial charge is 0.416 e. The molecule has 3 aromatic rings. The fourth-order valence-electron chi connectivity index (χ4n) is 2.26. The molecular weight excluding hydrogens is 351 g/mol. The van der Waals surface area contributed by atoms with Crippen LogP contribution < -0.4 is 0 Å². The number of nitrogens with zero attached hydrogens (tertiary/aromatic N) is 3. The van der Waals surface area contributed by atoms with Gasteiger partial charge in [-0.25, -0.2) is 0 Å². The van der Waals surface area contributed by atoms with Gasteiger partial charge in [-0.2, -0.15) is 13.2 Å². The van der Waals surface area contributed by atoms with E-state index in [1.165, 1.54) is 24.1 Å². The Morgan fingerprint density at radius 2 is 2.04 bits per heavy atom. The quantitative estimate of drug-likeness (QED) is 0.454. The molecule has 3 rings (SSSR count). The molecule has 25 heavy (non-hydrogen) atoms. The predicted octanol–water partition coefficient (Wildman–Crippen LogP) is 5.04. The number of halogens is 3. The molecule has 1 aromatic carbocycles. The van der Waals surface area contributed by atoms with Crippen molar-refractivity contribution >= 4 is 11.8 Å². The molecule has 0 spiro atoms. The Bertz CT molecular complexity index is 856. The molecule has 2 heterocycles. The van der Waals surface area contributed by atoms with Crippen molar-refractivity contribution in [3.05, 3.63) is 66.4 Å². The third kappa shape index (κ3) is 3.96. The Labute approximate surface area is 146 Å². The van der Waals surface area contributed by atoms with E-state index >= 15 is 0 Å². The first-order valence-corrected chi connectivity index (χ1v) is 8.34. The van der Waals surface area contributed by atoms with E-state index in [1.54, 1.807) is 24.3 Å². The van der Waals surface area contributed by atoms with Gasteiger partial charge in [0.2, 0.25) is 5.82 Å². The second-order valence-corrected chi connectivity index (χ2v) is 6.11. The van der Waals surface area contributed by atoms with Gasteiger partial charge < -0.3 is 4.42 Å². The van der Waals surface area contributed by atoms with Crippen LogP contribution in [0.3, 0.4) is 0 Å². The van der Waals surface area contributed by atoms with Gasteiger partial charge in [0.05, 0.1) is 11.8 Å². The second kappa shape index (κ2) is 7.18. The Balaban J connectivity index is 1.81. The van der Waals surface area contributed by atoms with Crippen molar-refractivity contribution in [2.24, 2.45) is 0 Å². The first-order valence-electron chi connectivity index (χ1n) is 7.36. The minimum atomic E-state index is -4.35. The van der Waals surface area contributed by atoms with Gasteiger partial charge in [-0.3, -0.25) is 4.57 Å². The lowest BCUT2D eigenvalue weighted by Crippen LogP contribution is -2.05. The van der Waals surface area contributed by atoms with Crippen molar-refractivity contribution in [1.29, 1.82) is 0 Å². The van der Waals surface area contributed by atoms with Crippen LogP contribution in [0.1, 0.15) is 11.1 Å². The van der Waals surface area contributed by atoms with Crippen molar-refractivity contribution in [3.8, 4) is 11.6 Å². The molecule has 0 unspecified atom stereocenters. The standard InChI is InChI=1S/C17H14F3N3OS/c1-2-8-23-15(14-7-4-9-24-14)21-22-16(23)25-11-12-5-3-6-13(10-12)17(18,19)20/h2-7,9-10H,1,8,11H2. The van der Waals surface area contributed by atoms with Gasteiger partial charge in [-0.1, -0.05) is 36.0 Å². The summed E-state index contributed by atoms with van der Waals surface area (Å²) in [6, 6.07) is 8.78. The van der Waals surface area contributed by atoms with E-state index in [2.05, 4.69) is 16.8 Å². The Kier molecular flexibility index (Phi) is 4.98. The van der Waals surface area contributed by atoms with E-state index in [-0.39, 0.29) is 0 Å². The molecule has 0 aliphatic heterocycles. The summed E-state index contributed by atoms with van der Waals surface area (Å²) in [4.78, 5) is 0. The predicted molar refractivity (Wildman–Crippen MR) is 88.9 cm³/mol. The molecule has 0 fully saturated rings. The summed E-state index contributed by atoms with van der Waals surface area (Å²) in [6.07, 6.45) is -1.11. The molecule has 0 N–H and O–H groups in total. The van der Waals surface area contributed by atoms with Crippen LogP contribution in [-0.4, -0.2) is 14.8 Å². The zero-order valence-electron chi connectivity index (χ0n) is 13.0. The highest BCUT2D eigenvalue weighted by Gasteiger charge is 2.30. The van der Waals surface area contributed by atoms with Crippen molar-refractivity contribution in [1.82, 2.24) is 14.8 Å². The van der Waals surface area contributed by atoms with Gasteiger partial charge >= 0.3 is 6.18 Å². The van der Waals surface area contributed by atoms with Gasteiger partial charge in [0.25, 0.3) is 0 Å². The number of thioether (sulfide) groups is 1. The van der Waals surface area contributed by atoms with Crippen molar-refractivity contribution in [3.63, 3.8) is 0 Å². The first-order chi connectivity index (χ1) is 12.0. The molecule has 0 radical (unpaired) electrons. The first kappa shape index (κ1) is 17.3. The lowest BCUT2D eigenvalue weighted by molar-refractivity contribution is -0.137. The van der Waals surface area contributed by atoms with Crippen LogP contribution in [0.15, 0.2) is 64.9 Å². The third-order valence-electron chi connectivity index (χ3n) is 3.39. The van der Waals surface area contributed by atoms with E-state index in [0.29, 0.717) is 34.6 Å². The topological polar surface area (TPSA) is 43.9 Å². The number of rotatable bonds is 6. The number of benzene rings is 1. The molecule has 130 valence electrons. The maximum atomic E-state index is 12.8. The summed E-state index contributed by atoms with van der Waals surface area (Å²) in [5.74, 6) is 1.47. The molecule has 0 amide bonds. The molecule has 0 atom stereocenters. The van der Waals surface area contributed by atoms with Gasteiger partial charge in [0.15, 0.2) is 10.9 Å².